The molecule has 1 aromatic carbocycles. The highest BCUT2D eigenvalue weighted by Crippen LogP contribution is 2.14. The van der Waals surface area contributed by atoms with Crippen LogP contribution in [-0.2, 0) is 13.1 Å². The quantitative estimate of drug-likeness (QED) is 0.900. The van der Waals surface area contributed by atoms with Gasteiger partial charge in [-0.25, -0.2) is 14.1 Å². The normalized spacial score (nSPS) is 11.0. The van der Waals surface area contributed by atoms with Crippen molar-refractivity contribution in [1.29, 1.82) is 0 Å². The minimum Gasteiger partial charge on any atom is -0.378 e. The molecule has 0 aliphatic rings. The van der Waals surface area contributed by atoms with Crippen molar-refractivity contribution in [3.8, 4) is 0 Å². The molecule has 0 unspecified atom stereocenters. The molecule has 102 valence electrons. The Morgan fingerprint density at radius 3 is 2.84 bits per heavy atom. The van der Waals surface area contributed by atoms with Gasteiger partial charge in [-0.1, -0.05) is 13.8 Å². The maximum absolute atomic E-state index is 13.2. The van der Waals surface area contributed by atoms with Crippen LogP contribution in [0.25, 0.3) is 0 Å². The second-order valence-electron chi connectivity index (χ2n) is 5.07. The summed E-state index contributed by atoms with van der Waals surface area (Å²) in [5.41, 5.74) is 1.52. The standard InChI is InChI=1S/C14H19FN4/c1-10(2)8-19-14(17-9-18-19)7-16-12-4-5-13(15)11(3)6-12/h4-6,9-10,16H,7-8H2,1-3H3. The largest absolute Gasteiger partial charge is 0.378 e. The van der Waals surface area contributed by atoms with Crippen LogP contribution in [0, 0.1) is 18.7 Å². The van der Waals surface area contributed by atoms with Crippen molar-refractivity contribution in [3.63, 3.8) is 0 Å². The first kappa shape index (κ1) is 13.5. The zero-order valence-corrected chi connectivity index (χ0v) is 11.5. The molecule has 1 aromatic heterocycles. The summed E-state index contributed by atoms with van der Waals surface area (Å²) in [7, 11) is 0. The van der Waals surface area contributed by atoms with E-state index in [9.17, 15) is 4.39 Å². The van der Waals surface area contributed by atoms with Crippen molar-refractivity contribution < 1.29 is 4.39 Å². The van der Waals surface area contributed by atoms with Crippen LogP contribution in [-0.4, -0.2) is 14.8 Å². The highest BCUT2D eigenvalue weighted by Gasteiger charge is 2.06. The second kappa shape index (κ2) is 5.82. The highest BCUT2D eigenvalue weighted by molar-refractivity contribution is 5.45. The van der Waals surface area contributed by atoms with Crippen molar-refractivity contribution in [2.24, 2.45) is 5.92 Å². The minimum absolute atomic E-state index is 0.187. The summed E-state index contributed by atoms with van der Waals surface area (Å²) in [5, 5.41) is 7.44. The molecule has 0 saturated carbocycles. The van der Waals surface area contributed by atoms with Gasteiger partial charge < -0.3 is 5.32 Å². The van der Waals surface area contributed by atoms with Crippen molar-refractivity contribution in [2.45, 2.75) is 33.9 Å². The first-order valence-corrected chi connectivity index (χ1v) is 6.43. The third kappa shape index (κ3) is 3.53. The van der Waals surface area contributed by atoms with Gasteiger partial charge in [0.25, 0.3) is 0 Å². The molecule has 0 atom stereocenters. The van der Waals surface area contributed by atoms with Crippen molar-refractivity contribution >= 4 is 5.69 Å². The zero-order chi connectivity index (χ0) is 13.8. The summed E-state index contributed by atoms with van der Waals surface area (Å²) in [4.78, 5) is 4.24. The first-order chi connectivity index (χ1) is 9.06. The van der Waals surface area contributed by atoms with Gasteiger partial charge >= 0.3 is 0 Å². The Morgan fingerprint density at radius 2 is 2.16 bits per heavy atom. The molecule has 4 nitrogen and oxygen atoms in total. The molecular formula is C14H19FN4. The predicted molar refractivity (Wildman–Crippen MR) is 73.3 cm³/mol. The number of halogens is 1. The van der Waals surface area contributed by atoms with Crippen LogP contribution in [0.2, 0.25) is 0 Å². The Kier molecular flexibility index (Phi) is 4.14. The Morgan fingerprint density at radius 1 is 1.37 bits per heavy atom. The van der Waals surface area contributed by atoms with E-state index in [4.69, 9.17) is 0 Å². The van der Waals surface area contributed by atoms with Gasteiger partial charge in [-0.2, -0.15) is 5.10 Å². The maximum atomic E-state index is 13.2. The Labute approximate surface area is 112 Å². The lowest BCUT2D eigenvalue weighted by atomic mass is 10.2. The molecule has 0 fully saturated rings. The summed E-state index contributed by atoms with van der Waals surface area (Å²) < 4.78 is 15.1. The van der Waals surface area contributed by atoms with Gasteiger partial charge in [0, 0.05) is 12.2 Å². The van der Waals surface area contributed by atoms with Gasteiger partial charge in [-0.05, 0) is 36.6 Å². The van der Waals surface area contributed by atoms with Gasteiger partial charge in [0.2, 0.25) is 0 Å². The van der Waals surface area contributed by atoms with Crippen LogP contribution in [0.15, 0.2) is 24.5 Å². The van der Waals surface area contributed by atoms with Crippen LogP contribution in [0.5, 0.6) is 0 Å². The zero-order valence-electron chi connectivity index (χ0n) is 11.5. The maximum Gasteiger partial charge on any atom is 0.146 e. The number of rotatable bonds is 5. The van der Waals surface area contributed by atoms with Crippen molar-refractivity contribution in [1.82, 2.24) is 14.8 Å². The Balaban J connectivity index is 2.02. The van der Waals surface area contributed by atoms with E-state index in [0.717, 1.165) is 18.1 Å². The SMILES string of the molecule is Cc1cc(NCc2ncnn2CC(C)C)ccc1F. The molecule has 0 saturated heterocycles. The summed E-state index contributed by atoms with van der Waals surface area (Å²) in [6, 6.07) is 4.99. The molecular weight excluding hydrogens is 243 g/mol. The number of aryl methyl sites for hydroxylation is 1. The van der Waals surface area contributed by atoms with E-state index in [2.05, 4.69) is 29.2 Å². The number of anilines is 1. The third-order valence-corrected chi connectivity index (χ3v) is 2.84. The fourth-order valence-corrected chi connectivity index (χ4v) is 1.86. The number of hydrogen-bond donors (Lipinski definition) is 1. The van der Waals surface area contributed by atoms with Crippen molar-refractivity contribution in [3.05, 3.63) is 41.7 Å². The molecule has 1 heterocycles. The fourth-order valence-electron chi connectivity index (χ4n) is 1.86. The summed E-state index contributed by atoms with van der Waals surface area (Å²) in [6.45, 7) is 7.46. The number of nitrogens with one attached hydrogen (secondary N) is 1. The Hall–Kier alpha value is -1.91. The van der Waals surface area contributed by atoms with Crippen LogP contribution in [0.1, 0.15) is 25.2 Å². The van der Waals surface area contributed by atoms with E-state index >= 15 is 0 Å². The van der Waals surface area contributed by atoms with Crippen LogP contribution < -0.4 is 5.32 Å². The molecule has 0 spiro atoms. The molecule has 19 heavy (non-hydrogen) atoms. The molecule has 2 aromatic rings. The van der Waals surface area contributed by atoms with Crippen molar-refractivity contribution in [2.75, 3.05) is 5.32 Å². The summed E-state index contributed by atoms with van der Waals surface area (Å²) in [5.74, 6) is 1.22. The summed E-state index contributed by atoms with van der Waals surface area (Å²) >= 11 is 0. The first-order valence-electron chi connectivity index (χ1n) is 6.43. The lowest BCUT2D eigenvalue weighted by molar-refractivity contribution is 0.468. The number of nitrogens with zero attached hydrogens (tertiary/aromatic N) is 3. The lowest BCUT2D eigenvalue weighted by Crippen LogP contribution is -2.13. The van der Waals surface area contributed by atoms with Gasteiger partial charge in [-0.3, -0.25) is 0 Å². The molecule has 0 amide bonds. The highest BCUT2D eigenvalue weighted by atomic mass is 19.1. The molecule has 5 heteroatoms. The second-order valence-corrected chi connectivity index (χ2v) is 5.07. The lowest BCUT2D eigenvalue weighted by Gasteiger charge is -2.10. The van der Waals surface area contributed by atoms with E-state index in [0.29, 0.717) is 18.0 Å². The third-order valence-electron chi connectivity index (χ3n) is 2.84. The molecule has 0 bridgehead atoms. The number of aromatic nitrogens is 3. The molecule has 0 radical (unpaired) electrons. The van der Waals surface area contributed by atoms with Gasteiger partial charge in [0.15, 0.2) is 0 Å². The van der Waals surface area contributed by atoms with E-state index in [1.807, 2.05) is 4.68 Å². The van der Waals surface area contributed by atoms with Gasteiger partial charge in [0.05, 0.1) is 6.54 Å². The topological polar surface area (TPSA) is 42.7 Å². The van der Waals surface area contributed by atoms with E-state index in [1.165, 1.54) is 6.07 Å². The number of benzene rings is 1. The van der Waals surface area contributed by atoms with E-state index < -0.39 is 0 Å². The van der Waals surface area contributed by atoms with E-state index in [-0.39, 0.29) is 5.82 Å². The molecule has 1 N–H and O–H groups in total. The summed E-state index contributed by atoms with van der Waals surface area (Å²) in [6.07, 6.45) is 1.56. The average Bonchev–Trinajstić information content (AvgIpc) is 2.77. The fraction of sp³-hybridized carbons (Fsp3) is 0.429. The molecule has 2 rings (SSSR count). The monoisotopic (exact) mass is 262 g/mol. The average molecular weight is 262 g/mol. The van der Waals surface area contributed by atoms with Gasteiger partial charge in [0.1, 0.15) is 18.0 Å². The Bertz CT molecular complexity index is 548. The molecule has 0 aliphatic carbocycles. The molecule has 0 aliphatic heterocycles. The minimum atomic E-state index is -0.187. The van der Waals surface area contributed by atoms with Crippen LogP contribution >= 0.6 is 0 Å². The van der Waals surface area contributed by atoms with Crippen LogP contribution in [0.3, 0.4) is 0 Å². The van der Waals surface area contributed by atoms with Gasteiger partial charge in [-0.15, -0.1) is 0 Å². The van der Waals surface area contributed by atoms with Crippen LogP contribution in [0.4, 0.5) is 10.1 Å². The number of hydrogen-bond acceptors (Lipinski definition) is 3. The smallest absolute Gasteiger partial charge is 0.146 e. The predicted octanol–water partition coefficient (Wildman–Crippen LogP) is 2.99. The van der Waals surface area contributed by atoms with E-state index in [1.54, 1.807) is 25.4 Å².